The molecule has 1 spiro atoms. The van der Waals surface area contributed by atoms with Crippen LogP contribution >= 0.6 is 0 Å². The number of aromatic nitrogens is 1. The van der Waals surface area contributed by atoms with Crippen LogP contribution in [0.5, 0.6) is 0 Å². The van der Waals surface area contributed by atoms with Crippen LogP contribution in [-0.2, 0) is 5.41 Å². The summed E-state index contributed by atoms with van der Waals surface area (Å²) < 4.78 is 0. The van der Waals surface area contributed by atoms with E-state index < -0.39 is 0 Å². The van der Waals surface area contributed by atoms with Crippen LogP contribution in [0.4, 0.5) is 5.82 Å². The van der Waals surface area contributed by atoms with Crippen molar-refractivity contribution in [3.05, 3.63) is 23.9 Å². The Morgan fingerprint density at radius 3 is 2.88 bits per heavy atom. The quantitative estimate of drug-likeness (QED) is 0.711. The molecule has 4 rings (SSSR count). The van der Waals surface area contributed by atoms with Crippen molar-refractivity contribution in [3.8, 4) is 0 Å². The van der Waals surface area contributed by atoms with Gasteiger partial charge in [0, 0.05) is 23.4 Å². The van der Waals surface area contributed by atoms with Crippen molar-refractivity contribution in [2.24, 2.45) is 16.8 Å². The summed E-state index contributed by atoms with van der Waals surface area (Å²) in [5, 5.41) is 3.49. The second-order valence-electron chi connectivity index (χ2n) is 5.38. The smallest absolute Gasteiger partial charge is 0.155 e. The SMILES string of the molecule is C1=Nc2ncccc2C12C[C@H]1CNC[C@H]1C2. The van der Waals surface area contributed by atoms with Gasteiger partial charge in [0.05, 0.1) is 0 Å². The first-order valence-electron chi connectivity index (χ1n) is 6.09. The lowest BCUT2D eigenvalue weighted by Gasteiger charge is -2.22. The van der Waals surface area contributed by atoms with Gasteiger partial charge in [-0.25, -0.2) is 9.98 Å². The van der Waals surface area contributed by atoms with E-state index in [1.807, 2.05) is 12.3 Å². The van der Waals surface area contributed by atoms with Crippen LogP contribution in [-0.4, -0.2) is 24.3 Å². The monoisotopic (exact) mass is 213 g/mol. The molecule has 0 amide bonds. The molecule has 3 atom stereocenters. The molecule has 3 heterocycles. The summed E-state index contributed by atoms with van der Waals surface area (Å²) in [5.74, 6) is 2.64. The molecule has 3 heteroatoms. The predicted molar refractivity (Wildman–Crippen MR) is 63.2 cm³/mol. The van der Waals surface area contributed by atoms with Gasteiger partial charge in [-0.2, -0.15) is 0 Å². The molecule has 0 aromatic carbocycles. The molecule has 0 bridgehead atoms. The molecule has 1 aromatic heterocycles. The number of fused-ring (bicyclic) bond motifs is 3. The molecule has 1 aliphatic carbocycles. The molecule has 1 N–H and O–H groups in total. The van der Waals surface area contributed by atoms with Gasteiger partial charge in [-0.3, -0.25) is 0 Å². The zero-order valence-electron chi connectivity index (χ0n) is 9.19. The Hall–Kier alpha value is -1.22. The highest BCUT2D eigenvalue weighted by atomic mass is 15.0. The molecule has 82 valence electrons. The van der Waals surface area contributed by atoms with E-state index in [0.717, 1.165) is 17.7 Å². The van der Waals surface area contributed by atoms with Gasteiger partial charge in [-0.05, 0) is 43.8 Å². The fourth-order valence-electron chi connectivity index (χ4n) is 3.75. The number of aliphatic imine (C=N–C) groups is 1. The lowest BCUT2D eigenvalue weighted by Crippen LogP contribution is -2.25. The Bertz CT molecular complexity index is 454. The van der Waals surface area contributed by atoms with E-state index in [-0.39, 0.29) is 5.41 Å². The van der Waals surface area contributed by atoms with Crippen LogP contribution in [0.1, 0.15) is 18.4 Å². The Morgan fingerprint density at radius 2 is 2.06 bits per heavy atom. The molecule has 2 aliphatic heterocycles. The topological polar surface area (TPSA) is 37.3 Å². The van der Waals surface area contributed by atoms with Crippen LogP contribution in [0, 0.1) is 11.8 Å². The fourth-order valence-corrected chi connectivity index (χ4v) is 3.75. The molecule has 3 nitrogen and oxygen atoms in total. The largest absolute Gasteiger partial charge is 0.316 e. The van der Waals surface area contributed by atoms with Crippen molar-refractivity contribution in [3.63, 3.8) is 0 Å². The van der Waals surface area contributed by atoms with E-state index in [2.05, 4.69) is 27.6 Å². The highest BCUT2D eigenvalue weighted by Gasteiger charge is 2.49. The molecule has 1 saturated carbocycles. The van der Waals surface area contributed by atoms with E-state index in [0.29, 0.717) is 0 Å². The zero-order valence-corrected chi connectivity index (χ0v) is 9.19. The first kappa shape index (κ1) is 8.88. The van der Waals surface area contributed by atoms with Crippen molar-refractivity contribution in [2.45, 2.75) is 18.3 Å². The van der Waals surface area contributed by atoms with Gasteiger partial charge in [0.15, 0.2) is 5.82 Å². The van der Waals surface area contributed by atoms with E-state index in [1.54, 1.807) is 0 Å². The maximum atomic E-state index is 4.51. The van der Waals surface area contributed by atoms with E-state index in [1.165, 1.54) is 31.5 Å². The van der Waals surface area contributed by atoms with Crippen LogP contribution in [0.2, 0.25) is 0 Å². The standard InChI is InChI=1S/C13H15N3/c1-2-11-12(15-3-1)16-8-13(11)4-9-6-14-7-10(9)5-13/h1-3,8-10,14H,4-7H2/t9-,10+,13?. The number of hydrogen-bond donors (Lipinski definition) is 1. The van der Waals surface area contributed by atoms with E-state index >= 15 is 0 Å². The third-order valence-electron chi connectivity index (χ3n) is 4.49. The van der Waals surface area contributed by atoms with Crippen molar-refractivity contribution < 1.29 is 0 Å². The summed E-state index contributed by atoms with van der Waals surface area (Å²) in [6.45, 7) is 2.38. The van der Waals surface area contributed by atoms with Crippen LogP contribution in [0.15, 0.2) is 23.3 Å². The van der Waals surface area contributed by atoms with E-state index in [4.69, 9.17) is 0 Å². The van der Waals surface area contributed by atoms with Crippen molar-refractivity contribution >= 4 is 12.0 Å². The first-order valence-corrected chi connectivity index (χ1v) is 6.09. The van der Waals surface area contributed by atoms with Gasteiger partial charge in [0.25, 0.3) is 0 Å². The number of pyridine rings is 1. The lowest BCUT2D eigenvalue weighted by molar-refractivity contribution is 0.494. The molecular weight excluding hydrogens is 198 g/mol. The van der Waals surface area contributed by atoms with E-state index in [9.17, 15) is 0 Å². The molecule has 1 saturated heterocycles. The summed E-state index contributed by atoms with van der Waals surface area (Å²) in [6, 6.07) is 4.26. The average molecular weight is 213 g/mol. The minimum atomic E-state index is 0.223. The van der Waals surface area contributed by atoms with Gasteiger partial charge in [-0.1, -0.05) is 6.07 Å². The summed E-state index contributed by atoms with van der Waals surface area (Å²) in [7, 11) is 0. The summed E-state index contributed by atoms with van der Waals surface area (Å²) in [6.07, 6.45) is 6.52. The Balaban J connectivity index is 1.78. The number of rotatable bonds is 0. The number of hydrogen-bond acceptors (Lipinski definition) is 3. The minimum absolute atomic E-state index is 0.223. The molecule has 3 aliphatic rings. The minimum Gasteiger partial charge on any atom is -0.316 e. The molecule has 16 heavy (non-hydrogen) atoms. The maximum absolute atomic E-state index is 4.51. The second-order valence-corrected chi connectivity index (χ2v) is 5.38. The first-order chi connectivity index (χ1) is 7.87. The van der Waals surface area contributed by atoms with Gasteiger partial charge in [0.1, 0.15) is 0 Å². The van der Waals surface area contributed by atoms with Crippen LogP contribution in [0.3, 0.4) is 0 Å². The maximum Gasteiger partial charge on any atom is 0.155 e. The Kier molecular flexibility index (Phi) is 1.62. The van der Waals surface area contributed by atoms with Crippen LogP contribution in [0.25, 0.3) is 0 Å². The fraction of sp³-hybridized carbons (Fsp3) is 0.538. The molecule has 2 fully saturated rings. The number of nitrogens with zero attached hydrogens (tertiary/aromatic N) is 2. The van der Waals surface area contributed by atoms with Crippen molar-refractivity contribution in [2.75, 3.05) is 13.1 Å². The highest BCUT2D eigenvalue weighted by Crippen LogP contribution is 2.52. The molecular formula is C13H15N3. The highest BCUT2D eigenvalue weighted by molar-refractivity contribution is 5.84. The van der Waals surface area contributed by atoms with Gasteiger partial charge < -0.3 is 5.32 Å². The third-order valence-corrected chi connectivity index (χ3v) is 4.49. The zero-order chi connectivity index (χ0) is 10.6. The summed E-state index contributed by atoms with van der Waals surface area (Å²) in [5.41, 5.74) is 1.59. The van der Waals surface area contributed by atoms with Gasteiger partial charge >= 0.3 is 0 Å². The average Bonchev–Trinajstić information content (AvgIpc) is 2.94. The molecule has 0 radical (unpaired) electrons. The van der Waals surface area contributed by atoms with Crippen molar-refractivity contribution in [1.29, 1.82) is 0 Å². The van der Waals surface area contributed by atoms with Gasteiger partial charge in [-0.15, -0.1) is 0 Å². The summed E-state index contributed by atoms with van der Waals surface area (Å²) >= 11 is 0. The molecule has 1 unspecified atom stereocenters. The van der Waals surface area contributed by atoms with Gasteiger partial charge in [0.2, 0.25) is 0 Å². The number of nitrogens with one attached hydrogen (secondary N) is 1. The van der Waals surface area contributed by atoms with Crippen LogP contribution < -0.4 is 5.32 Å². The third kappa shape index (κ3) is 1.02. The normalized spacial score (nSPS) is 39.2. The second kappa shape index (κ2) is 2.92. The molecule has 1 aromatic rings. The lowest BCUT2D eigenvalue weighted by atomic mass is 9.80. The Morgan fingerprint density at radius 1 is 1.25 bits per heavy atom. The predicted octanol–water partition coefficient (Wildman–Crippen LogP) is 1.66. The van der Waals surface area contributed by atoms with Crippen molar-refractivity contribution in [1.82, 2.24) is 10.3 Å². The summed E-state index contributed by atoms with van der Waals surface area (Å²) in [4.78, 5) is 8.86. The Labute approximate surface area is 95.0 Å².